The van der Waals surface area contributed by atoms with E-state index in [1.54, 1.807) is 13.1 Å². The van der Waals surface area contributed by atoms with Crippen LogP contribution < -0.4 is 5.32 Å². The van der Waals surface area contributed by atoms with Crippen molar-refractivity contribution >= 4 is 11.9 Å². The summed E-state index contributed by atoms with van der Waals surface area (Å²) in [7, 11) is 1.75. The molecule has 2 saturated heterocycles. The van der Waals surface area contributed by atoms with E-state index in [4.69, 9.17) is 0 Å². The number of benzene rings is 1. The van der Waals surface area contributed by atoms with E-state index < -0.39 is 11.6 Å². The number of carbonyl (C=O) groups is 1. The van der Waals surface area contributed by atoms with E-state index in [2.05, 4.69) is 20.1 Å². The zero-order valence-corrected chi connectivity index (χ0v) is 18.0. The second-order valence-electron chi connectivity index (χ2n) is 8.21. The first kappa shape index (κ1) is 22.5. The lowest BCUT2D eigenvalue weighted by Gasteiger charge is -2.37. The average molecular weight is 422 g/mol. The first-order valence-electron chi connectivity index (χ1n) is 10.9. The number of rotatable bonds is 5. The number of piperazine rings is 1. The number of amides is 1. The van der Waals surface area contributed by atoms with Gasteiger partial charge in [-0.05, 0) is 42.9 Å². The van der Waals surface area contributed by atoms with Crippen LogP contribution in [0, 0.1) is 11.6 Å². The monoisotopic (exact) mass is 421 g/mol. The molecule has 2 aliphatic rings. The Morgan fingerprint density at radius 2 is 1.73 bits per heavy atom. The summed E-state index contributed by atoms with van der Waals surface area (Å²) in [5.74, 6) is -0.594. The van der Waals surface area contributed by atoms with Gasteiger partial charge >= 0.3 is 0 Å². The number of hydrogen-bond donors (Lipinski definition) is 1. The number of piperidine rings is 1. The van der Waals surface area contributed by atoms with Crippen LogP contribution in [0.3, 0.4) is 0 Å². The van der Waals surface area contributed by atoms with Gasteiger partial charge in [0.15, 0.2) is 17.6 Å². The smallest absolute Gasteiger partial charge is 0.236 e. The van der Waals surface area contributed by atoms with E-state index in [1.807, 2.05) is 11.8 Å². The predicted octanol–water partition coefficient (Wildman–Crippen LogP) is 2.27. The lowest BCUT2D eigenvalue weighted by molar-refractivity contribution is -0.133. The van der Waals surface area contributed by atoms with Crippen LogP contribution in [0.15, 0.2) is 23.2 Å². The lowest BCUT2D eigenvalue weighted by Crippen LogP contribution is -2.54. The molecule has 6 nitrogen and oxygen atoms in total. The van der Waals surface area contributed by atoms with Gasteiger partial charge in [-0.2, -0.15) is 0 Å². The highest BCUT2D eigenvalue weighted by molar-refractivity contribution is 5.80. The van der Waals surface area contributed by atoms with E-state index in [-0.39, 0.29) is 11.8 Å². The van der Waals surface area contributed by atoms with Crippen LogP contribution in [-0.4, -0.2) is 86.0 Å². The van der Waals surface area contributed by atoms with Crippen LogP contribution in [0.25, 0.3) is 0 Å². The minimum atomic E-state index is -0.827. The molecule has 3 rings (SSSR count). The fraction of sp³-hybridized carbons (Fsp3) is 0.636. The maximum absolute atomic E-state index is 13.5. The molecule has 0 saturated carbocycles. The third-order valence-electron chi connectivity index (χ3n) is 6.03. The topological polar surface area (TPSA) is 51.2 Å². The molecular weight excluding hydrogens is 388 g/mol. The molecule has 0 radical (unpaired) electrons. The Hall–Kier alpha value is -2.22. The van der Waals surface area contributed by atoms with Gasteiger partial charge in [-0.15, -0.1) is 0 Å². The maximum atomic E-state index is 13.5. The van der Waals surface area contributed by atoms with Gasteiger partial charge in [0.25, 0.3) is 0 Å². The highest BCUT2D eigenvalue weighted by Gasteiger charge is 2.24. The molecule has 166 valence electrons. The van der Waals surface area contributed by atoms with Crippen molar-refractivity contribution in [3.8, 4) is 0 Å². The van der Waals surface area contributed by atoms with Gasteiger partial charge in [-0.3, -0.25) is 14.7 Å². The van der Waals surface area contributed by atoms with Gasteiger partial charge in [-0.1, -0.05) is 13.0 Å². The van der Waals surface area contributed by atoms with Crippen molar-refractivity contribution in [2.45, 2.75) is 32.1 Å². The third-order valence-corrected chi connectivity index (χ3v) is 6.03. The minimum Gasteiger partial charge on any atom is -0.356 e. The Labute approximate surface area is 177 Å². The molecular formula is C22H33F2N5O. The summed E-state index contributed by atoms with van der Waals surface area (Å²) in [4.78, 5) is 23.2. The molecule has 8 heteroatoms. The number of nitrogens with one attached hydrogen (secondary N) is 1. The Kier molecular flexibility index (Phi) is 8.01. The van der Waals surface area contributed by atoms with Crippen LogP contribution in [0.4, 0.5) is 8.78 Å². The van der Waals surface area contributed by atoms with E-state index in [9.17, 15) is 13.6 Å². The number of aliphatic imine (C=N–C) groups is 1. The molecule has 1 N–H and O–H groups in total. The Morgan fingerprint density at radius 3 is 2.37 bits per heavy atom. The summed E-state index contributed by atoms with van der Waals surface area (Å²) in [6.07, 6.45) is 3.46. The fourth-order valence-corrected chi connectivity index (χ4v) is 4.07. The van der Waals surface area contributed by atoms with Gasteiger partial charge < -0.3 is 15.1 Å². The Bertz CT molecular complexity index is 743. The van der Waals surface area contributed by atoms with Crippen LogP contribution in [-0.2, 0) is 4.79 Å². The fourth-order valence-electron chi connectivity index (χ4n) is 4.07. The number of halogens is 2. The average Bonchev–Trinajstić information content (AvgIpc) is 2.77. The van der Waals surface area contributed by atoms with Crippen LogP contribution >= 0.6 is 0 Å². The van der Waals surface area contributed by atoms with Crippen LogP contribution in [0.5, 0.6) is 0 Å². The summed E-state index contributed by atoms with van der Waals surface area (Å²) < 4.78 is 26.6. The van der Waals surface area contributed by atoms with Crippen molar-refractivity contribution in [3.63, 3.8) is 0 Å². The molecule has 1 atom stereocenters. The standard InChI is InChI=1S/C22H33F2N5O/c1-17(18-6-7-19(23)20(24)14-18)15-26-22(25-2)29-12-10-27(11-13-29)16-21(30)28-8-4-3-5-9-28/h6-7,14,17H,3-5,8-13,15-16H2,1-2H3,(H,25,26). The van der Waals surface area contributed by atoms with Crippen molar-refractivity contribution in [2.24, 2.45) is 4.99 Å². The van der Waals surface area contributed by atoms with Crippen molar-refractivity contribution in [1.29, 1.82) is 0 Å². The summed E-state index contributed by atoms with van der Waals surface area (Å²) in [5.41, 5.74) is 0.748. The predicted molar refractivity (Wildman–Crippen MR) is 115 cm³/mol. The summed E-state index contributed by atoms with van der Waals surface area (Å²) in [5, 5.41) is 3.34. The molecule has 30 heavy (non-hydrogen) atoms. The SMILES string of the molecule is CN=C(NCC(C)c1ccc(F)c(F)c1)N1CCN(CC(=O)N2CCCCC2)CC1. The van der Waals surface area contributed by atoms with Crippen molar-refractivity contribution < 1.29 is 13.6 Å². The highest BCUT2D eigenvalue weighted by atomic mass is 19.2. The minimum absolute atomic E-state index is 0.0142. The zero-order chi connectivity index (χ0) is 21.5. The lowest BCUT2D eigenvalue weighted by atomic mass is 10.0. The summed E-state index contributed by atoms with van der Waals surface area (Å²) >= 11 is 0. The van der Waals surface area contributed by atoms with Gasteiger partial charge in [0.2, 0.25) is 5.91 Å². The normalized spacial score (nSPS) is 19.7. The summed E-state index contributed by atoms with van der Waals surface area (Å²) in [6, 6.07) is 4.04. The maximum Gasteiger partial charge on any atom is 0.236 e. The molecule has 1 aromatic carbocycles. The zero-order valence-electron chi connectivity index (χ0n) is 18.0. The van der Waals surface area contributed by atoms with E-state index in [1.165, 1.54) is 18.6 Å². The second-order valence-corrected chi connectivity index (χ2v) is 8.21. The molecule has 0 aliphatic carbocycles. The Morgan fingerprint density at radius 1 is 1.03 bits per heavy atom. The van der Waals surface area contributed by atoms with Crippen molar-refractivity contribution in [1.82, 2.24) is 20.0 Å². The molecule has 2 fully saturated rings. The molecule has 1 unspecified atom stereocenters. The van der Waals surface area contributed by atoms with Crippen molar-refractivity contribution in [3.05, 3.63) is 35.4 Å². The molecule has 1 amide bonds. The molecule has 2 aliphatic heterocycles. The number of guanidine groups is 1. The summed E-state index contributed by atoms with van der Waals surface area (Å²) in [6.45, 7) is 8.06. The number of hydrogen-bond acceptors (Lipinski definition) is 3. The van der Waals surface area contributed by atoms with Gasteiger partial charge in [0.05, 0.1) is 6.54 Å². The van der Waals surface area contributed by atoms with Crippen LogP contribution in [0.2, 0.25) is 0 Å². The number of carbonyl (C=O) groups excluding carboxylic acids is 1. The first-order valence-corrected chi connectivity index (χ1v) is 10.9. The van der Waals surface area contributed by atoms with E-state index in [0.29, 0.717) is 13.1 Å². The van der Waals surface area contributed by atoms with Crippen molar-refractivity contribution in [2.75, 3.05) is 59.4 Å². The van der Waals surface area contributed by atoms with Gasteiger partial charge in [0.1, 0.15) is 0 Å². The number of likely N-dealkylation sites (tertiary alicyclic amines) is 1. The van der Waals surface area contributed by atoms with Gasteiger partial charge in [-0.25, -0.2) is 8.78 Å². The van der Waals surface area contributed by atoms with Crippen LogP contribution in [0.1, 0.15) is 37.7 Å². The quantitative estimate of drug-likeness (QED) is 0.586. The Balaban J connectivity index is 1.44. The third kappa shape index (κ3) is 5.90. The number of nitrogens with zero attached hydrogens (tertiary/aromatic N) is 4. The molecule has 2 heterocycles. The first-order chi connectivity index (χ1) is 14.5. The van der Waals surface area contributed by atoms with Gasteiger partial charge in [0, 0.05) is 52.9 Å². The molecule has 0 spiro atoms. The van der Waals surface area contributed by atoms with E-state index >= 15 is 0 Å². The highest BCUT2D eigenvalue weighted by Crippen LogP contribution is 2.17. The molecule has 1 aromatic rings. The van der Waals surface area contributed by atoms with E-state index in [0.717, 1.165) is 63.6 Å². The molecule has 0 aromatic heterocycles. The second kappa shape index (κ2) is 10.7. The largest absolute Gasteiger partial charge is 0.356 e. The molecule has 0 bridgehead atoms.